The van der Waals surface area contributed by atoms with Crippen molar-refractivity contribution in [2.45, 2.75) is 45.4 Å². The molecule has 0 aromatic carbocycles. The van der Waals surface area contributed by atoms with Crippen LogP contribution in [0.25, 0.3) is 0 Å². The summed E-state index contributed by atoms with van der Waals surface area (Å²) in [7, 11) is 0. The van der Waals surface area contributed by atoms with E-state index in [0.717, 1.165) is 0 Å². The van der Waals surface area contributed by atoms with Gasteiger partial charge in [-0.2, -0.15) is 0 Å². The number of hydrogen-bond acceptors (Lipinski definition) is 5. The Morgan fingerprint density at radius 3 is 2.60 bits per heavy atom. The summed E-state index contributed by atoms with van der Waals surface area (Å²) in [5.74, 6) is 0. The maximum absolute atomic E-state index is 11.8. The van der Waals surface area contributed by atoms with E-state index in [9.17, 15) is 14.9 Å². The molecule has 2 atom stereocenters. The van der Waals surface area contributed by atoms with E-state index in [-0.39, 0.29) is 0 Å². The van der Waals surface area contributed by atoms with E-state index in [1.54, 1.807) is 39.1 Å². The summed E-state index contributed by atoms with van der Waals surface area (Å²) < 4.78 is 5.13. The highest BCUT2D eigenvalue weighted by Gasteiger charge is 2.31. The molecule has 0 fully saturated rings. The first kappa shape index (κ1) is 15.9. The van der Waals surface area contributed by atoms with Crippen molar-refractivity contribution in [3.8, 4) is 0 Å². The van der Waals surface area contributed by atoms with Crippen LogP contribution in [-0.2, 0) is 4.74 Å². The fourth-order valence-corrected chi connectivity index (χ4v) is 1.60. The number of pyridine rings is 1. The highest BCUT2D eigenvalue weighted by Crippen LogP contribution is 2.19. The number of rotatable bonds is 4. The number of nitro groups is 1. The summed E-state index contributed by atoms with van der Waals surface area (Å²) in [5.41, 5.74) is -0.107. The van der Waals surface area contributed by atoms with E-state index < -0.39 is 28.7 Å². The molecule has 0 saturated carbocycles. The maximum atomic E-state index is 11.8. The zero-order valence-electron chi connectivity index (χ0n) is 12.0. The van der Waals surface area contributed by atoms with Crippen LogP contribution in [0.1, 0.15) is 39.3 Å². The molecule has 0 aliphatic heterocycles. The third-order valence-electron chi connectivity index (χ3n) is 2.53. The van der Waals surface area contributed by atoms with Crippen molar-refractivity contribution in [1.29, 1.82) is 0 Å². The molecule has 0 unspecified atom stereocenters. The summed E-state index contributed by atoms with van der Waals surface area (Å²) in [6.07, 6.45) is 2.35. The second-order valence-corrected chi connectivity index (χ2v) is 5.44. The quantitative estimate of drug-likeness (QED) is 0.675. The molecule has 0 radical (unpaired) electrons. The molecular weight excluding hydrogens is 262 g/mol. The second-order valence-electron chi connectivity index (χ2n) is 5.44. The minimum atomic E-state index is -0.994. The van der Waals surface area contributed by atoms with Gasteiger partial charge >= 0.3 is 6.09 Å². The molecule has 1 heterocycles. The van der Waals surface area contributed by atoms with E-state index >= 15 is 0 Å². The van der Waals surface area contributed by atoms with Crippen molar-refractivity contribution in [2.24, 2.45) is 0 Å². The van der Waals surface area contributed by atoms with E-state index in [1.807, 2.05) is 0 Å². The van der Waals surface area contributed by atoms with Crippen LogP contribution in [0.4, 0.5) is 4.79 Å². The number of carbonyl (C=O) groups excluding carboxylic acids is 1. The van der Waals surface area contributed by atoms with Crippen LogP contribution in [0.5, 0.6) is 0 Å². The van der Waals surface area contributed by atoms with Crippen LogP contribution in [0.2, 0.25) is 0 Å². The second kappa shape index (κ2) is 6.31. The van der Waals surface area contributed by atoms with Crippen molar-refractivity contribution < 1.29 is 14.5 Å². The molecule has 1 N–H and O–H groups in total. The van der Waals surface area contributed by atoms with Crippen molar-refractivity contribution in [2.75, 3.05) is 0 Å². The van der Waals surface area contributed by atoms with Gasteiger partial charge in [0.25, 0.3) is 0 Å². The fourth-order valence-electron chi connectivity index (χ4n) is 1.60. The number of alkyl carbamates (subject to hydrolysis) is 1. The van der Waals surface area contributed by atoms with Crippen molar-refractivity contribution in [3.05, 3.63) is 40.2 Å². The lowest BCUT2D eigenvalue weighted by molar-refractivity contribution is -0.523. The molecular formula is C13H19N3O4. The lowest BCUT2D eigenvalue weighted by Gasteiger charge is -2.24. The number of nitrogens with zero attached hydrogens (tertiary/aromatic N) is 2. The molecule has 110 valence electrons. The molecule has 7 heteroatoms. The monoisotopic (exact) mass is 281 g/mol. The van der Waals surface area contributed by atoms with Crippen LogP contribution in [0.3, 0.4) is 0 Å². The van der Waals surface area contributed by atoms with Crippen LogP contribution in [0, 0.1) is 10.1 Å². The van der Waals surface area contributed by atoms with Gasteiger partial charge in [0.2, 0.25) is 6.04 Å². The van der Waals surface area contributed by atoms with E-state index in [1.165, 1.54) is 13.1 Å². The van der Waals surface area contributed by atoms with E-state index in [0.29, 0.717) is 5.56 Å². The summed E-state index contributed by atoms with van der Waals surface area (Å²) in [4.78, 5) is 26.2. The first-order valence-electron chi connectivity index (χ1n) is 6.23. The summed E-state index contributed by atoms with van der Waals surface area (Å²) in [6, 6.07) is 1.54. The maximum Gasteiger partial charge on any atom is 0.408 e. The van der Waals surface area contributed by atoms with Gasteiger partial charge in [0.15, 0.2) is 0 Å². The number of nitrogens with one attached hydrogen (secondary N) is 1. The first-order valence-corrected chi connectivity index (χ1v) is 6.23. The third-order valence-corrected chi connectivity index (χ3v) is 2.53. The zero-order chi connectivity index (χ0) is 15.3. The predicted octanol–water partition coefficient (Wildman–Crippen LogP) is 2.31. The number of amides is 1. The SMILES string of the molecule is C[C@@H]([C@H](NC(=O)OC(C)(C)C)c1cccnc1)[N+](=O)[O-]. The molecule has 0 aliphatic rings. The Morgan fingerprint density at radius 1 is 1.50 bits per heavy atom. The third kappa shape index (κ3) is 4.83. The van der Waals surface area contributed by atoms with Crippen LogP contribution >= 0.6 is 0 Å². The fraction of sp³-hybridized carbons (Fsp3) is 0.538. The largest absolute Gasteiger partial charge is 0.444 e. The highest BCUT2D eigenvalue weighted by molar-refractivity contribution is 5.68. The predicted molar refractivity (Wildman–Crippen MR) is 72.8 cm³/mol. The Morgan fingerprint density at radius 2 is 2.15 bits per heavy atom. The van der Waals surface area contributed by atoms with E-state index in [2.05, 4.69) is 10.3 Å². The highest BCUT2D eigenvalue weighted by atomic mass is 16.6. The number of carbonyl (C=O) groups is 1. The molecule has 0 aliphatic carbocycles. The summed E-state index contributed by atoms with van der Waals surface area (Å²) >= 11 is 0. The minimum Gasteiger partial charge on any atom is -0.444 e. The van der Waals surface area contributed by atoms with Crippen LogP contribution in [0.15, 0.2) is 24.5 Å². The van der Waals surface area contributed by atoms with E-state index in [4.69, 9.17) is 4.74 Å². The summed E-state index contributed by atoms with van der Waals surface area (Å²) in [5, 5.41) is 13.5. The molecule has 0 bridgehead atoms. The summed E-state index contributed by atoms with van der Waals surface area (Å²) in [6.45, 7) is 6.60. The Labute approximate surface area is 117 Å². The molecule has 1 rings (SSSR count). The van der Waals surface area contributed by atoms with Crippen LogP contribution in [-0.4, -0.2) is 27.6 Å². The van der Waals surface area contributed by atoms with Gasteiger partial charge in [-0.05, 0) is 32.4 Å². The lowest BCUT2D eigenvalue weighted by atomic mass is 10.0. The van der Waals surface area contributed by atoms with Gasteiger partial charge in [-0.1, -0.05) is 6.07 Å². The Kier molecular flexibility index (Phi) is 5.01. The zero-order valence-corrected chi connectivity index (χ0v) is 12.0. The standard InChI is InChI=1S/C13H19N3O4/c1-9(16(18)19)11(10-6-5-7-14-8-10)15-12(17)20-13(2,3)4/h5-9,11H,1-4H3,(H,15,17)/t9-,11-/m0/s1. The van der Waals surface area contributed by atoms with Crippen molar-refractivity contribution in [3.63, 3.8) is 0 Å². The smallest absolute Gasteiger partial charge is 0.408 e. The molecule has 0 spiro atoms. The Balaban J connectivity index is 2.90. The molecule has 7 nitrogen and oxygen atoms in total. The number of hydrogen-bond donors (Lipinski definition) is 1. The van der Waals surface area contributed by atoms with Gasteiger partial charge in [-0.15, -0.1) is 0 Å². The van der Waals surface area contributed by atoms with Gasteiger partial charge in [0, 0.05) is 24.2 Å². The Hall–Kier alpha value is -2.18. The van der Waals surface area contributed by atoms with Crippen LogP contribution < -0.4 is 5.32 Å². The average Bonchev–Trinajstić information content (AvgIpc) is 2.34. The number of ether oxygens (including phenoxy) is 1. The van der Waals surface area contributed by atoms with Gasteiger partial charge in [-0.3, -0.25) is 15.1 Å². The van der Waals surface area contributed by atoms with Crippen molar-refractivity contribution >= 4 is 6.09 Å². The normalized spacial score (nSPS) is 14.2. The molecule has 1 amide bonds. The minimum absolute atomic E-state index is 0.449. The topological polar surface area (TPSA) is 94.4 Å². The van der Waals surface area contributed by atoms with Gasteiger partial charge in [0.1, 0.15) is 11.6 Å². The molecule has 0 saturated heterocycles. The molecule has 20 heavy (non-hydrogen) atoms. The average molecular weight is 281 g/mol. The van der Waals surface area contributed by atoms with Crippen molar-refractivity contribution in [1.82, 2.24) is 10.3 Å². The Bertz CT molecular complexity index is 470. The first-order chi connectivity index (χ1) is 9.20. The van der Waals surface area contributed by atoms with Gasteiger partial charge in [-0.25, -0.2) is 4.79 Å². The van der Waals surface area contributed by atoms with Gasteiger partial charge in [0.05, 0.1) is 0 Å². The number of aromatic nitrogens is 1. The van der Waals surface area contributed by atoms with Gasteiger partial charge < -0.3 is 10.1 Å². The molecule has 1 aromatic heterocycles. The molecule has 1 aromatic rings. The lowest BCUT2D eigenvalue weighted by Crippen LogP contribution is -2.41.